The maximum absolute atomic E-state index is 5.50. The molecule has 1 heterocycles. The number of benzene rings is 1. The fourth-order valence-electron chi connectivity index (χ4n) is 3.13. The summed E-state index contributed by atoms with van der Waals surface area (Å²) in [5.74, 6) is 1.05. The molecule has 0 atom stereocenters. The van der Waals surface area contributed by atoms with Crippen LogP contribution in [-0.2, 0) is 16.0 Å². The molecule has 0 amide bonds. The van der Waals surface area contributed by atoms with Gasteiger partial charge in [-0.3, -0.25) is 9.89 Å². The second-order valence-electron chi connectivity index (χ2n) is 6.80. The normalized spacial score (nSPS) is 15.4. The van der Waals surface area contributed by atoms with Crippen molar-refractivity contribution in [1.29, 1.82) is 0 Å². The van der Waals surface area contributed by atoms with Gasteiger partial charge in [0.25, 0.3) is 0 Å². The molecule has 160 valence electrons. The van der Waals surface area contributed by atoms with Gasteiger partial charge in [0.2, 0.25) is 0 Å². The molecule has 6 nitrogen and oxygen atoms in total. The molecule has 1 saturated heterocycles. The summed E-state index contributed by atoms with van der Waals surface area (Å²) in [7, 11) is 1.70. The highest BCUT2D eigenvalue weighted by Crippen LogP contribution is 2.08. The average molecular weight is 504 g/mol. The molecule has 0 aromatic heterocycles. The molecule has 1 fully saturated rings. The van der Waals surface area contributed by atoms with Gasteiger partial charge in [-0.15, -0.1) is 24.0 Å². The third-order valence-corrected chi connectivity index (χ3v) is 4.65. The first kappa shape index (κ1) is 25.1. The number of hydrogen-bond acceptors (Lipinski definition) is 4. The maximum atomic E-state index is 5.50. The number of ether oxygens (including phenoxy) is 2. The molecule has 0 spiro atoms. The van der Waals surface area contributed by atoms with Crippen molar-refractivity contribution in [2.75, 3.05) is 66.2 Å². The van der Waals surface area contributed by atoms with E-state index in [1.54, 1.807) is 7.11 Å². The van der Waals surface area contributed by atoms with Gasteiger partial charge >= 0.3 is 0 Å². The number of halogens is 1. The van der Waals surface area contributed by atoms with E-state index in [9.17, 15) is 0 Å². The van der Waals surface area contributed by atoms with Crippen molar-refractivity contribution in [2.24, 2.45) is 4.99 Å². The molecule has 1 aliphatic rings. The molecule has 1 aromatic rings. The minimum Gasteiger partial charge on any atom is -0.382 e. The summed E-state index contributed by atoms with van der Waals surface area (Å²) < 4.78 is 10.5. The zero-order valence-corrected chi connectivity index (χ0v) is 19.8. The molecule has 2 rings (SSSR count). The van der Waals surface area contributed by atoms with Crippen LogP contribution in [0.25, 0.3) is 0 Å². The van der Waals surface area contributed by atoms with Gasteiger partial charge in [0, 0.05) is 59.5 Å². The first-order valence-electron chi connectivity index (χ1n) is 10.2. The predicted octanol–water partition coefficient (Wildman–Crippen LogP) is 2.83. The van der Waals surface area contributed by atoms with Crippen LogP contribution in [0.4, 0.5) is 0 Å². The number of nitrogens with one attached hydrogen (secondary N) is 1. The molecule has 1 aromatic carbocycles. The topological polar surface area (TPSA) is 49.3 Å². The molecule has 0 bridgehead atoms. The molecule has 1 N–H and O–H groups in total. The average Bonchev–Trinajstić information content (AvgIpc) is 2.70. The summed E-state index contributed by atoms with van der Waals surface area (Å²) in [6, 6.07) is 10.7. The van der Waals surface area contributed by atoms with E-state index in [0.29, 0.717) is 13.2 Å². The summed E-state index contributed by atoms with van der Waals surface area (Å²) in [5, 5.41) is 3.45. The molecular formula is C21H37IN4O2. The lowest BCUT2D eigenvalue weighted by Crippen LogP contribution is -2.52. The van der Waals surface area contributed by atoms with Crippen molar-refractivity contribution in [3.05, 3.63) is 35.9 Å². The minimum atomic E-state index is 0. The fourth-order valence-corrected chi connectivity index (χ4v) is 3.13. The highest BCUT2D eigenvalue weighted by molar-refractivity contribution is 14.0. The Balaban J connectivity index is 0.00000392. The van der Waals surface area contributed by atoms with Crippen LogP contribution in [0.1, 0.15) is 25.3 Å². The van der Waals surface area contributed by atoms with E-state index in [0.717, 1.165) is 71.2 Å². The Morgan fingerprint density at radius 2 is 1.79 bits per heavy atom. The second kappa shape index (κ2) is 16.0. The largest absolute Gasteiger partial charge is 0.382 e. The molecule has 7 heteroatoms. The number of methoxy groups -OCH3 is 1. The van der Waals surface area contributed by atoms with E-state index in [4.69, 9.17) is 14.5 Å². The van der Waals surface area contributed by atoms with Crippen LogP contribution in [-0.4, -0.2) is 82.0 Å². The van der Waals surface area contributed by atoms with Crippen molar-refractivity contribution < 1.29 is 9.47 Å². The molecule has 0 aliphatic carbocycles. The van der Waals surface area contributed by atoms with E-state index in [1.807, 2.05) is 0 Å². The number of rotatable bonds is 11. The van der Waals surface area contributed by atoms with E-state index >= 15 is 0 Å². The van der Waals surface area contributed by atoms with E-state index in [-0.39, 0.29) is 24.0 Å². The highest BCUT2D eigenvalue weighted by atomic mass is 127. The van der Waals surface area contributed by atoms with Gasteiger partial charge in [0.05, 0.1) is 13.2 Å². The molecule has 28 heavy (non-hydrogen) atoms. The Bertz CT molecular complexity index is 522. The van der Waals surface area contributed by atoms with Crippen molar-refractivity contribution >= 4 is 29.9 Å². The zero-order chi connectivity index (χ0) is 19.2. The first-order chi connectivity index (χ1) is 13.3. The van der Waals surface area contributed by atoms with E-state index in [2.05, 4.69) is 52.4 Å². The maximum Gasteiger partial charge on any atom is 0.194 e. The van der Waals surface area contributed by atoms with Gasteiger partial charge in [-0.25, -0.2) is 0 Å². The molecular weight excluding hydrogens is 467 g/mol. The number of nitrogens with zero attached hydrogens (tertiary/aromatic N) is 3. The summed E-state index contributed by atoms with van der Waals surface area (Å²) in [6.45, 7) is 11.2. The molecule has 0 saturated carbocycles. The van der Waals surface area contributed by atoms with Crippen LogP contribution < -0.4 is 5.32 Å². The van der Waals surface area contributed by atoms with Crippen molar-refractivity contribution in [1.82, 2.24) is 15.1 Å². The summed E-state index contributed by atoms with van der Waals surface area (Å²) >= 11 is 0. The Kier molecular flexibility index (Phi) is 14.3. The summed E-state index contributed by atoms with van der Waals surface area (Å²) in [4.78, 5) is 9.72. The third-order valence-electron chi connectivity index (χ3n) is 4.65. The molecule has 1 aliphatic heterocycles. The lowest BCUT2D eigenvalue weighted by Gasteiger charge is -2.36. The summed E-state index contributed by atoms with van der Waals surface area (Å²) in [5.41, 5.74) is 1.39. The van der Waals surface area contributed by atoms with Gasteiger partial charge in [-0.05, 0) is 25.3 Å². The monoisotopic (exact) mass is 504 g/mol. The molecule has 0 unspecified atom stereocenters. The van der Waals surface area contributed by atoms with Gasteiger partial charge in [0.15, 0.2) is 5.96 Å². The Morgan fingerprint density at radius 1 is 1.04 bits per heavy atom. The van der Waals surface area contributed by atoms with Crippen molar-refractivity contribution in [2.45, 2.75) is 26.3 Å². The van der Waals surface area contributed by atoms with Crippen LogP contribution >= 0.6 is 24.0 Å². The number of aliphatic imine (C=N–C) groups is 1. The number of piperazine rings is 1. The second-order valence-corrected chi connectivity index (χ2v) is 6.80. The van der Waals surface area contributed by atoms with Crippen LogP contribution in [0.15, 0.2) is 35.3 Å². The van der Waals surface area contributed by atoms with Gasteiger partial charge < -0.3 is 19.7 Å². The standard InChI is InChI=1S/C21H36N4O2.HI/c1-3-22-21(23-11-7-8-16-27-18-17-26-2)25-14-12-24(13-15-25)19-20-9-5-4-6-10-20;/h4-6,9-10H,3,7-8,11-19H2,1-2H3,(H,22,23);1H. The van der Waals surface area contributed by atoms with E-state index < -0.39 is 0 Å². The van der Waals surface area contributed by atoms with Crippen molar-refractivity contribution in [3.8, 4) is 0 Å². The SMILES string of the molecule is CCNC(=NCCCCOCCOC)N1CCN(Cc2ccccc2)CC1.I. The van der Waals surface area contributed by atoms with E-state index in [1.165, 1.54) is 5.56 Å². The third kappa shape index (κ3) is 10.0. The quantitative estimate of drug-likeness (QED) is 0.218. The number of hydrogen-bond donors (Lipinski definition) is 1. The Hall–Kier alpha value is -0.900. The summed E-state index contributed by atoms with van der Waals surface area (Å²) in [6.07, 6.45) is 2.09. The predicted molar refractivity (Wildman–Crippen MR) is 127 cm³/mol. The fraction of sp³-hybridized carbons (Fsp3) is 0.667. The number of guanidine groups is 1. The van der Waals surface area contributed by atoms with Gasteiger partial charge in [0.1, 0.15) is 0 Å². The van der Waals surface area contributed by atoms with Crippen molar-refractivity contribution in [3.63, 3.8) is 0 Å². The van der Waals surface area contributed by atoms with Crippen LogP contribution in [0.3, 0.4) is 0 Å². The van der Waals surface area contributed by atoms with Crippen LogP contribution in [0, 0.1) is 0 Å². The van der Waals surface area contributed by atoms with Gasteiger partial charge in [-0.2, -0.15) is 0 Å². The zero-order valence-electron chi connectivity index (χ0n) is 17.4. The molecule has 0 radical (unpaired) electrons. The highest BCUT2D eigenvalue weighted by Gasteiger charge is 2.19. The Morgan fingerprint density at radius 3 is 2.46 bits per heavy atom. The Labute approximate surface area is 187 Å². The van der Waals surface area contributed by atoms with Crippen LogP contribution in [0.5, 0.6) is 0 Å². The van der Waals surface area contributed by atoms with Gasteiger partial charge in [-0.1, -0.05) is 30.3 Å². The lowest BCUT2D eigenvalue weighted by molar-refractivity contribution is 0.0690. The minimum absolute atomic E-state index is 0. The number of unbranched alkanes of at least 4 members (excludes halogenated alkanes) is 1. The lowest BCUT2D eigenvalue weighted by atomic mass is 10.2. The first-order valence-corrected chi connectivity index (χ1v) is 10.2. The smallest absolute Gasteiger partial charge is 0.194 e. The van der Waals surface area contributed by atoms with Crippen LogP contribution in [0.2, 0.25) is 0 Å².